The number of phenols is 1. The van der Waals surface area contributed by atoms with Crippen molar-refractivity contribution in [1.29, 1.82) is 0 Å². The fraction of sp³-hybridized carbons (Fsp3) is 0.632. The Kier molecular flexibility index (Phi) is 7.47. The summed E-state index contributed by atoms with van der Waals surface area (Å²) in [6.07, 6.45) is -14.8. The van der Waals surface area contributed by atoms with Crippen molar-refractivity contribution in [2.24, 2.45) is 0 Å². The lowest BCUT2D eigenvalue weighted by Gasteiger charge is -2.42. The van der Waals surface area contributed by atoms with Crippen LogP contribution < -0.4 is 0 Å². The number of aliphatic hydroxyl groups excluding tert-OH is 6. The number of aliphatic hydroxyl groups is 6. The fourth-order valence-electron chi connectivity index (χ4n) is 3.26. The molecule has 31 heavy (non-hydrogen) atoms. The summed E-state index contributed by atoms with van der Waals surface area (Å²) in [5, 5.41) is 69.2. The Hall–Kier alpha value is -1.87. The summed E-state index contributed by atoms with van der Waals surface area (Å²) in [7, 11) is 0. The minimum Gasteiger partial charge on any atom is -0.508 e. The molecule has 0 radical (unpaired) electrons. The molecule has 10 atom stereocenters. The van der Waals surface area contributed by atoms with E-state index in [9.17, 15) is 40.5 Å². The van der Waals surface area contributed by atoms with Gasteiger partial charge in [-0.2, -0.15) is 0 Å². The third-order valence-electron chi connectivity index (χ3n) is 5.23. The molecule has 2 aliphatic heterocycles. The third kappa shape index (κ3) is 5.14. The van der Waals surface area contributed by atoms with Crippen LogP contribution in [-0.4, -0.2) is 110 Å². The smallest absolute Gasteiger partial charge is 0.340 e. The number of hydrogen-bond acceptors (Lipinski definition) is 12. The lowest BCUT2D eigenvalue weighted by molar-refractivity contribution is -0.321. The van der Waals surface area contributed by atoms with Gasteiger partial charge in [-0.25, -0.2) is 4.79 Å². The Morgan fingerprint density at radius 3 is 2.06 bits per heavy atom. The van der Waals surface area contributed by atoms with Gasteiger partial charge in [0, 0.05) is 0 Å². The van der Waals surface area contributed by atoms with E-state index in [0.717, 1.165) is 0 Å². The Morgan fingerprint density at radius 2 is 1.42 bits per heavy atom. The summed E-state index contributed by atoms with van der Waals surface area (Å²) < 4.78 is 21.1. The molecule has 2 saturated heterocycles. The van der Waals surface area contributed by atoms with Crippen molar-refractivity contribution in [3.8, 4) is 5.75 Å². The number of carbonyl (C=O) groups is 1. The average molecular weight is 446 g/mol. The number of hydrogen-bond donors (Lipinski definition) is 7. The molecule has 1 aromatic rings. The second-order valence-electron chi connectivity index (χ2n) is 7.48. The van der Waals surface area contributed by atoms with Gasteiger partial charge in [0.1, 0.15) is 48.5 Å². The van der Waals surface area contributed by atoms with Gasteiger partial charge < -0.3 is 54.7 Å². The van der Waals surface area contributed by atoms with Gasteiger partial charge in [0.05, 0.1) is 18.3 Å². The SMILES string of the molecule is C[C@@H]1O[C@@H](OC[C@H]2O[C@@H](OC(=O)c3ccc(O)cc3)[C@H](O)[C@@H](O)[C@@H]2O)[C@H](O)[C@H](O)[C@H]1O. The van der Waals surface area contributed by atoms with Crippen LogP contribution >= 0.6 is 0 Å². The Labute approximate surface area is 176 Å². The van der Waals surface area contributed by atoms with Crippen LogP contribution in [0.4, 0.5) is 0 Å². The minimum absolute atomic E-state index is 0.0438. The van der Waals surface area contributed by atoms with Crippen molar-refractivity contribution in [1.82, 2.24) is 0 Å². The van der Waals surface area contributed by atoms with E-state index in [1.54, 1.807) is 0 Å². The quantitative estimate of drug-likeness (QED) is 0.230. The van der Waals surface area contributed by atoms with E-state index < -0.39 is 74.0 Å². The van der Waals surface area contributed by atoms with Gasteiger partial charge in [-0.3, -0.25) is 0 Å². The second kappa shape index (κ2) is 9.73. The van der Waals surface area contributed by atoms with Crippen LogP contribution in [-0.2, 0) is 18.9 Å². The van der Waals surface area contributed by atoms with Gasteiger partial charge in [-0.1, -0.05) is 0 Å². The normalized spacial score (nSPS) is 41.0. The molecule has 0 spiro atoms. The molecule has 2 fully saturated rings. The maximum absolute atomic E-state index is 12.2. The molecule has 12 heteroatoms. The van der Waals surface area contributed by atoms with Crippen LogP contribution in [0.2, 0.25) is 0 Å². The molecule has 1 aromatic carbocycles. The molecule has 0 bridgehead atoms. The first kappa shape index (κ1) is 23.8. The first-order chi connectivity index (χ1) is 14.6. The second-order valence-corrected chi connectivity index (χ2v) is 7.48. The van der Waals surface area contributed by atoms with Crippen molar-refractivity contribution >= 4 is 5.97 Å². The standard InChI is InChI=1S/C19H26O12/c1-7-11(21)13(23)15(25)18(29-7)28-6-10-12(22)14(24)16(26)19(30-10)31-17(27)8-2-4-9(20)5-3-8/h2-5,7,10-16,18-26H,6H2,1H3/t7-,10+,11-,12+,13+,14-,15+,16+,18+,19-/m0/s1. The number of rotatable bonds is 5. The van der Waals surface area contributed by atoms with E-state index in [1.165, 1.54) is 31.2 Å². The van der Waals surface area contributed by atoms with E-state index in [-0.39, 0.29) is 11.3 Å². The Bertz CT molecular complexity index is 742. The molecular formula is C19H26O12. The fourth-order valence-corrected chi connectivity index (χ4v) is 3.26. The highest BCUT2D eigenvalue weighted by atomic mass is 16.7. The molecule has 0 unspecified atom stereocenters. The monoisotopic (exact) mass is 446 g/mol. The van der Waals surface area contributed by atoms with Crippen LogP contribution in [0.15, 0.2) is 24.3 Å². The first-order valence-electron chi connectivity index (χ1n) is 9.61. The van der Waals surface area contributed by atoms with Crippen molar-refractivity contribution in [3.05, 3.63) is 29.8 Å². The molecule has 0 aliphatic carbocycles. The van der Waals surface area contributed by atoms with Gasteiger partial charge in [0.25, 0.3) is 0 Å². The van der Waals surface area contributed by atoms with E-state index in [4.69, 9.17) is 18.9 Å². The molecule has 3 rings (SSSR count). The summed E-state index contributed by atoms with van der Waals surface area (Å²) >= 11 is 0. The van der Waals surface area contributed by atoms with E-state index in [1.807, 2.05) is 0 Å². The number of aromatic hydroxyl groups is 1. The zero-order chi connectivity index (χ0) is 22.9. The minimum atomic E-state index is -1.76. The topological polar surface area (TPSA) is 196 Å². The highest BCUT2D eigenvalue weighted by Crippen LogP contribution is 2.26. The van der Waals surface area contributed by atoms with Crippen molar-refractivity contribution < 1.29 is 59.5 Å². The molecule has 2 aliphatic rings. The molecule has 7 N–H and O–H groups in total. The van der Waals surface area contributed by atoms with Crippen LogP contribution in [0.25, 0.3) is 0 Å². The van der Waals surface area contributed by atoms with Crippen molar-refractivity contribution in [2.45, 2.75) is 68.3 Å². The Balaban J connectivity index is 1.63. The molecule has 0 aromatic heterocycles. The number of carbonyl (C=O) groups excluding carboxylic acids is 1. The van der Waals surface area contributed by atoms with Crippen molar-refractivity contribution in [2.75, 3.05) is 6.61 Å². The lowest BCUT2D eigenvalue weighted by atomic mass is 9.98. The third-order valence-corrected chi connectivity index (χ3v) is 5.23. The molecule has 2 heterocycles. The summed E-state index contributed by atoms with van der Waals surface area (Å²) in [5.41, 5.74) is 0.0438. The summed E-state index contributed by atoms with van der Waals surface area (Å²) in [6.45, 7) is 0.983. The van der Waals surface area contributed by atoms with E-state index in [2.05, 4.69) is 0 Å². The Morgan fingerprint density at radius 1 is 0.839 bits per heavy atom. The molecule has 0 saturated carbocycles. The number of esters is 1. The molecular weight excluding hydrogens is 420 g/mol. The number of phenolic OH excluding ortho intramolecular Hbond substituents is 1. The first-order valence-corrected chi connectivity index (χ1v) is 9.61. The van der Waals surface area contributed by atoms with Gasteiger partial charge >= 0.3 is 5.97 Å². The van der Waals surface area contributed by atoms with Gasteiger partial charge in [0.15, 0.2) is 6.29 Å². The molecule has 0 amide bonds. The summed E-state index contributed by atoms with van der Waals surface area (Å²) in [4.78, 5) is 12.2. The summed E-state index contributed by atoms with van der Waals surface area (Å²) in [6, 6.07) is 5.07. The zero-order valence-corrected chi connectivity index (χ0v) is 16.5. The lowest BCUT2D eigenvalue weighted by Crippen LogP contribution is -2.61. The van der Waals surface area contributed by atoms with Crippen molar-refractivity contribution in [3.63, 3.8) is 0 Å². The average Bonchev–Trinajstić information content (AvgIpc) is 2.75. The van der Waals surface area contributed by atoms with Crippen LogP contribution in [0, 0.1) is 0 Å². The van der Waals surface area contributed by atoms with Crippen LogP contribution in [0.5, 0.6) is 5.75 Å². The predicted octanol–water partition coefficient (Wildman–Crippen LogP) is -2.80. The highest BCUT2D eigenvalue weighted by molar-refractivity contribution is 5.89. The highest BCUT2D eigenvalue weighted by Gasteiger charge is 2.47. The van der Waals surface area contributed by atoms with Gasteiger partial charge in [-0.05, 0) is 31.2 Å². The van der Waals surface area contributed by atoms with Crippen LogP contribution in [0.3, 0.4) is 0 Å². The maximum atomic E-state index is 12.2. The van der Waals surface area contributed by atoms with Crippen LogP contribution in [0.1, 0.15) is 17.3 Å². The predicted molar refractivity (Wildman–Crippen MR) is 98.5 cm³/mol. The van der Waals surface area contributed by atoms with Gasteiger partial charge in [-0.15, -0.1) is 0 Å². The van der Waals surface area contributed by atoms with E-state index in [0.29, 0.717) is 0 Å². The van der Waals surface area contributed by atoms with Gasteiger partial charge in [0.2, 0.25) is 6.29 Å². The number of ether oxygens (including phenoxy) is 4. The maximum Gasteiger partial charge on any atom is 0.340 e. The molecule has 12 nitrogen and oxygen atoms in total. The zero-order valence-electron chi connectivity index (χ0n) is 16.5. The molecule has 174 valence electrons. The number of benzene rings is 1. The van der Waals surface area contributed by atoms with E-state index >= 15 is 0 Å². The summed E-state index contributed by atoms with van der Waals surface area (Å²) in [5.74, 6) is -0.982. The largest absolute Gasteiger partial charge is 0.508 e.